The summed E-state index contributed by atoms with van der Waals surface area (Å²) in [6.07, 6.45) is 3.27. The van der Waals surface area contributed by atoms with Crippen molar-refractivity contribution in [3.63, 3.8) is 0 Å². The van der Waals surface area contributed by atoms with Gasteiger partial charge in [-0.3, -0.25) is 9.59 Å². The fourth-order valence-electron chi connectivity index (χ4n) is 2.76. The Morgan fingerprint density at radius 3 is 2.39 bits per heavy atom. The second-order valence-corrected chi connectivity index (χ2v) is 8.82. The smallest absolute Gasteiger partial charge is 0.248 e. The number of carbonyl (C=O) groups is 2. The number of rotatable bonds is 7. The molecule has 0 aliphatic rings. The number of halogens is 1. The van der Waals surface area contributed by atoms with E-state index in [9.17, 15) is 9.59 Å². The Morgan fingerprint density at radius 2 is 1.68 bits per heavy atom. The summed E-state index contributed by atoms with van der Waals surface area (Å²) in [6, 6.07) is 22.5. The third-order valence-electron chi connectivity index (χ3n) is 4.49. The third-order valence-corrected chi connectivity index (χ3v) is 5.84. The van der Waals surface area contributed by atoms with Crippen LogP contribution in [0.15, 0.2) is 83.8 Å². The number of hydrogen-bond acceptors (Lipinski definition) is 3. The molecule has 1 unspecified atom stereocenters. The van der Waals surface area contributed by atoms with Gasteiger partial charge in [-0.15, -0.1) is 11.8 Å². The van der Waals surface area contributed by atoms with Gasteiger partial charge in [-0.1, -0.05) is 48.0 Å². The van der Waals surface area contributed by atoms with Gasteiger partial charge in [0, 0.05) is 27.4 Å². The van der Waals surface area contributed by atoms with Crippen LogP contribution < -0.4 is 10.6 Å². The highest BCUT2D eigenvalue weighted by Gasteiger charge is 2.15. The highest BCUT2D eigenvalue weighted by atomic mass is 35.5. The monoisotopic (exact) mass is 450 g/mol. The van der Waals surface area contributed by atoms with Gasteiger partial charge in [-0.05, 0) is 67.4 Å². The van der Waals surface area contributed by atoms with Gasteiger partial charge in [0.1, 0.15) is 0 Å². The number of nitrogens with one attached hydrogen (secondary N) is 2. The normalized spacial score (nSPS) is 11.8. The lowest BCUT2D eigenvalue weighted by Crippen LogP contribution is -2.22. The number of aryl methyl sites for hydroxylation is 1. The molecule has 0 aromatic heterocycles. The summed E-state index contributed by atoms with van der Waals surface area (Å²) in [5, 5.41) is 6.04. The first-order chi connectivity index (χ1) is 14.9. The molecule has 0 saturated carbocycles. The molecule has 4 nitrogen and oxygen atoms in total. The number of hydrogen-bond donors (Lipinski definition) is 2. The molecule has 0 saturated heterocycles. The van der Waals surface area contributed by atoms with Crippen LogP contribution in [0.3, 0.4) is 0 Å². The lowest BCUT2D eigenvalue weighted by atomic mass is 10.2. The SMILES string of the molecule is Cc1ccc(Cl)cc1NC(=O)C(C)Sc1ccc(NC(=O)/C=C/c2ccccc2)cc1. The molecule has 2 amide bonds. The molecule has 3 aromatic rings. The number of thioether (sulfide) groups is 1. The van der Waals surface area contributed by atoms with Crippen molar-refractivity contribution in [2.24, 2.45) is 0 Å². The quantitative estimate of drug-likeness (QED) is 0.322. The Labute approximate surface area is 191 Å². The Kier molecular flexibility index (Phi) is 7.93. The summed E-state index contributed by atoms with van der Waals surface area (Å²) >= 11 is 7.47. The van der Waals surface area contributed by atoms with E-state index in [4.69, 9.17) is 11.6 Å². The molecule has 6 heteroatoms. The van der Waals surface area contributed by atoms with Crippen molar-refractivity contribution in [2.45, 2.75) is 24.0 Å². The summed E-state index contributed by atoms with van der Waals surface area (Å²) in [6.45, 7) is 3.77. The van der Waals surface area contributed by atoms with Gasteiger partial charge in [0.05, 0.1) is 5.25 Å². The predicted molar refractivity (Wildman–Crippen MR) is 131 cm³/mol. The van der Waals surface area contributed by atoms with E-state index in [0.717, 1.165) is 16.0 Å². The fourth-order valence-corrected chi connectivity index (χ4v) is 3.80. The number of benzene rings is 3. The molecule has 0 radical (unpaired) electrons. The van der Waals surface area contributed by atoms with E-state index in [1.165, 1.54) is 17.8 Å². The molecule has 2 N–H and O–H groups in total. The predicted octanol–water partition coefficient (Wildman–Crippen LogP) is 6.42. The van der Waals surface area contributed by atoms with Crippen molar-refractivity contribution >= 4 is 52.6 Å². The number of amides is 2. The maximum Gasteiger partial charge on any atom is 0.248 e. The van der Waals surface area contributed by atoms with Gasteiger partial charge in [-0.2, -0.15) is 0 Å². The maximum absolute atomic E-state index is 12.5. The molecule has 0 aliphatic heterocycles. The van der Waals surface area contributed by atoms with E-state index in [-0.39, 0.29) is 17.1 Å². The largest absolute Gasteiger partial charge is 0.325 e. The Bertz CT molecular complexity index is 1080. The maximum atomic E-state index is 12.5. The summed E-state index contributed by atoms with van der Waals surface area (Å²) in [7, 11) is 0. The summed E-state index contributed by atoms with van der Waals surface area (Å²) in [4.78, 5) is 25.6. The first-order valence-corrected chi connectivity index (χ1v) is 11.0. The van der Waals surface area contributed by atoms with Gasteiger partial charge in [0.15, 0.2) is 0 Å². The zero-order valence-electron chi connectivity index (χ0n) is 17.3. The molecule has 31 heavy (non-hydrogen) atoms. The van der Waals surface area contributed by atoms with Crippen LogP contribution in [0.1, 0.15) is 18.1 Å². The molecule has 0 spiro atoms. The Hall–Kier alpha value is -3.02. The fraction of sp³-hybridized carbons (Fsp3) is 0.120. The molecular weight excluding hydrogens is 428 g/mol. The van der Waals surface area contributed by atoms with E-state index in [1.807, 2.05) is 74.5 Å². The van der Waals surface area contributed by atoms with Crippen molar-refractivity contribution in [2.75, 3.05) is 10.6 Å². The van der Waals surface area contributed by atoms with E-state index in [2.05, 4.69) is 10.6 Å². The van der Waals surface area contributed by atoms with Crippen molar-refractivity contribution in [3.8, 4) is 0 Å². The highest BCUT2D eigenvalue weighted by Crippen LogP contribution is 2.27. The average Bonchev–Trinajstić information content (AvgIpc) is 2.77. The van der Waals surface area contributed by atoms with Crippen LogP contribution in [-0.2, 0) is 9.59 Å². The summed E-state index contributed by atoms with van der Waals surface area (Å²) in [5.74, 6) is -0.298. The van der Waals surface area contributed by atoms with Gasteiger partial charge >= 0.3 is 0 Å². The zero-order valence-corrected chi connectivity index (χ0v) is 18.8. The average molecular weight is 451 g/mol. The van der Waals surface area contributed by atoms with Crippen LogP contribution in [0.25, 0.3) is 6.08 Å². The van der Waals surface area contributed by atoms with E-state index in [0.29, 0.717) is 16.4 Å². The van der Waals surface area contributed by atoms with Crippen molar-refractivity contribution < 1.29 is 9.59 Å². The minimum atomic E-state index is -0.298. The first-order valence-electron chi connectivity index (χ1n) is 9.78. The van der Waals surface area contributed by atoms with Crippen LogP contribution in [0, 0.1) is 6.92 Å². The van der Waals surface area contributed by atoms with E-state index < -0.39 is 0 Å². The Balaban J connectivity index is 1.53. The second kappa shape index (κ2) is 10.8. The van der Waals surface area contributed by atoms with Crippen LogP contribution in [0.4, 0.5) is 11.4 Å². The van der Waals surface area contributed by atoms with E-state index >= 15 is 0 Å². The number of anilines is 2. The molecule has 0 bridgehead atoms. The molecule has 0 aliphatic carbocycles. The van der Waals surface area contributed by atoms with Crippen LogP contribution >= 0.6 is 23.4 Å². The molecule has 3 aromatic carbocycles. The minimum Gasteiger partial charge on any atom is -0.325 e. The standard InChI is InChI=1S/C25H23ClN2O2S/c1-17-8-10-20(26)16-23(17)28-25(30)18(2)31-22-13-11-21(12-14-22)27-24(29)15-9-19-6-4-3-5-7-19/h3-16,18H,1-2H3,(H,27,29)(H,28,30)/b15-9+. The van der Waals surface area contributed by atoms with Gasteiger partial charge in [0.2, 0.25) is 11.8 Å². The zero-order chi connectivity index (χ0) is 22.2. The van der Waals surface area contributed by atoms with Gasteiger partial charge < -0.3 is 10.6 Å². The molecular formula is C25H23ClN2O2S. The van der Waals surface area contributed by atoms with Crippen LogP contribution in [-0.4, -0.2) is 17.1 Å². The lowest BCUT2D eigenvalue weighted by molar-refractivity contribution is -0.115. The molecule has 3 rings (SSSR count). The molecule has 0 heterocycles. The molecule has 0 fully saturated rings. The summed E-state index contributed by atoms with van der Waals surface area (Å²) < 4.78 is 0. The second-order valence-electron chi connectivity index (χ2n) is 6.97. The number of carbonyl (C=O) groups excluding carboxylic acids is 2. The topological polar surface area (TPSA) is 58.2 Å². The molecule has 1 atom stereocenters. The van der Waals surface area contributed by atoms with Crippen molar-refractivity contribution in [1.29, 1.82) is 0 Å². The third kappa shape index (κ3) is 7.02. The van der Waals surface area contributed by atoms with Gasteiger partial charge in [0.25, 0.3) is 0 Å². The van der Waals surface area contributed by atoms with Crippen molar-refractivity contribution in [1.82, 2.24) is 0 Å². The highest BCUT2D eigenvalue weighted by molar-refractivity contribution is 8.00. The first kappa shape index (κ1) is 22.7. The van der Waals surface area contributed by atoms with Crippen LogP contribution in [0.2, 0.25) is 5.02 Å². The summed E-state index contributed by atoms with van der Waals surface area (Å²) in [5.41, 5.74) is 3.33. The van der Waals surface area contributed by atoms with Crippen LogP contribution in [0.5, 0.6) is 0 Å². The minimum absolute atomic E-state index is 0.0983. The van der Waals surface area contributed by atoms with E-state index in [1.54, 1.807) is 18.2 Å². The molecule has 158 valence electrons. The lowest BCUT2D eigenvalue weighted by Gasteiger charge is -2.14. The van der Waals surface area contributed by atoms with Crippen molar-refractivity contribution in [3.05, 3.63) is 95.0 Å². The van der Waals surface area contributed by atoms with Gasteiger partial charge in [-0.25, -0.2) is 0 Å². The Morgan fingerprint density at radius 1 is 0.968 bits per heavy atom.